The monoisotopic (exact) mass is 489 g/mol. The molecular weight excluding hydrogens is 442 g/mol. The molecule has 2 atom stereocenters. The maximum Gasteiger partial charge on any atom is 0.408 e. The minimum absolute atomic E-state index is 0.243. The number of amides is 3. The van der Waals surface area contributed by atoms with Crippen LogP contribution in [0.1, 0.15) is 105 Å². The van der Waals surface area contributed by atoms with Gasteiger partial charge in [-0.15, -0.1) is 0 Å². The van der Waals surface area contributed by atoms with E-state index >= 15 is 0 Å². The first-order valence-corrected chi connectivity index (χ1v) is 12.8. The van der Waals surface area contributed by atoms with Crippen molar-refractivity contribution in [1.82, 2.24) is 15.5 Å². The van der Waals surface area contributed by atoms with E-state index in [1.807, 2.05) is 52.0 Å². The van der Waals surface area contributed by atoms with Crippen LogP contribution < -0.4 is 10.6 Å². The van der Waals surface area contributed by atoms with Crippen molar-refractivity contribution in [1.29, 1.82) is 0 Å². The maximum absolute atomic E-state index is 13.7. The van der Waals surface area contributed by atoms with Crippen molar-refractivity contribution in [3.05, 3.63) is 35.4 Å². The third kappa shape index (κ3) is 11.6. The molecule has 1 aromatic rings. The summed E-state index contributed by atoms with van der Waals surface area (Å²) in [7, 11) is 0. The van der Waals surface area contributed by atoms with Crippen molar-refractivity contribution >= 4 is 17.9 Å². The highest BCUT2D eigenvalue weighted by Crippen LogP contribution is 2.25. The summed E-state index contributed by atoms with van der Waals surface area (Å²) in [6.07, 6.45) is 4.42. The Morgan fingerprint density at radius 2 is 1.51 bits per heavy atom. The first kappa shape index (κ1) is 30.5. The van der Waals surface area contributed by atoms with Crippen LogP contribution in [0, 0.1) is 6.92 Å². The van der Waals surface area contributed by atoms with Crippen LogP contribution in [0.25, 0.3) is 0 Å². The van der Waals surface area contributed by atoms with Gasteiger partial charge in [0.05, 0.1) is 0 Å². The van der Waals surface area contributed by atoms with Crippen LogP contribution in [-0.2, 0) is 14.3 Å². The number of nitrogens with zero attached hydrogens (tertiary/aromatic N) is 1. The molecular formula is C28H47N3O4. The molecule has 0 radical (unpaired) electrons. The number of carbonyl (C=O) groups excluding carboxylic acids is 3. The molecule has 0 fully saturated rings. The van der Waals surface area contributed by atoms with Gasteiger partial charge in [-0.25, -0.2) is 4.79 Å². The van der Waals surface area contributed by atoms with Gasteiger partial charge in [0.25, 0.3) is 0 Å². The van der Waals surface area contributed by atoms with Gasteiger partial charge in [-0.05, 0) is 67.4 Å². The molecule has 0 bridgehead atoms. The van der Waals surface area contributed by atoms with E-state index in [9.17, 15) is 14.4 Å². The molecule has 0 saturated carbocycles. The largest absolute Gasteiger partial charge is 0.444 e. The number of hydrogen-bond acceptors (Lipinski definition) is 4. The zero-order chi connectivity index (χ0) is 26.8. The molecule has 0 aromatic heterocycles. The third-order valence-electron chi connectivity index (χ3n) is 5.34. The first-order valence-electron chi connectivity index (χ1n) is 12.8. The number of ether oxygens (including phenoxy) is 1. The summed E-state index contributed by atoms with van der Waals surface area (Å²) in [4.78, 5) is 41.2. The lowest BCUT2D eigenvalue weighted by molar-refractivity contribution is -0.142. The fourth-order valence-electron chi connectivity index (χ4n) is 3.71. The highest BCUT2D eigenvalue weighted by molar-refractivity contribution is 5.92. The number of unbranched alkanes of at least 4 members (excludes halogenated alkanes) is 4. The number of benzene rings is 1. The minimum atomic E-state index is -0.851. The lowest BCUT2D eigenvalue weighted by Gasteiger charge is -2.35. The molecule has 0 aliphatic heterocycles. The predicted molar refractivity (Wildman–Crippen MR) is 141 cm³/mol. The molecule has 0 saturated heterocycles. The van der Waals surface area contributed by atoms with E-state index in [1.165, 1.54) is 0 Å². The average molecular weight is 490 g/mol. The van der Waals surface area contributed by atoms with Crippen molar-refractivity contribution in [2.45, 2.75) is 118 Å². The van der Waals surface area contributed by atoms with E-state index in [1.54, 1.807) is 32.6 Å². The van der Waals surface area contributed by atoms with Crippen LogP contribution in [0.15, 0.2) is 24.3 Å². The van der Waals surface area contributed by atoms with E-state index in [0.29, 0.717) is 6.54 Å². The van der Waals surface area contributed by atoms with Crippen LogP contribution in [-0.4, -0.2) is 46.5 Å². The minimum Gasteiger partial charge on any atom is -0.444 e. The molecule has 2 N–H and O–H groups in total. The standard InChI is InChI=1S/C28H47N3O4/c1-10-11-12-13-14-19-31(25(33)21(3)29-26(34)35-28(7,8)9)23(24(32)30-27(4,5)6)22-17-15-20(2)16-18-22/h15-18,21,23H,10-14,19H2,1-9H3,(H,29,34)(H,30,32). The Labute approximate surface area is 212 Å². The fraction of sp³-hybridized carbons (Fsp3) is 0.679. The first-order chi connectivity index (χ1) is 16.1. The van der Waals surface area contributed by atoms with Gasteiger partial charge in [-0.1, -0.05) is 62.4 Å². The van der Waals surface area contributed by atoms with Crippen LogP contribution in [0.2, 0.25) is 0 Å². The van der Waals surface area contributed by atoms with Crippen molar-refractivity contribution in [2.24, 2.45) is 0 Å². The van der Waals surface area contributed by atoms with Crippen molar-refractivity contribution in [3.8, 4) is 0 Å². The Balaban J connectivity index is 3.29. The van der Waals surface area contributed by atoms with Gasteiger partial charge < -0.3 is 20.3 Å². The van der Waals surface area contributed by atoms with Gasteiger partial charge in [0.15, 0.2) is 0 Å². The van der Waals surface area contributed by atoms with Crippen LogP contribution in [0.3, 0.4) is 0 Å². The van der Waals surface area contributed by atoms with E-state index in [4.69, 9.17) is 4.74 Å². The summed E-state index contributed by atoms with van der Waals surface area (Å²) in [6.45, 7) is 17.2. The Hall–Kier alpha value is -2.57. The third-order valence-corrected chi connectivity index (χ3v) is 5.34. The zero-order valence-corrected chi connectivity index (χ0v) is 23.3. The van der Waals surface area contributed by atoms with E-state index < -0.39 is 29.3 Å². The molecule has 2 unspecified atom stereocenters. The molecule has 3 amide bonds. The van der Waals surface area contributed by atoms with Gasteiger partial charge in [0, 0.05) is 12.1 Å². The predicted octanol–water partition coefficient (Wildman–Crippen LogP) is 5.66. The zero-order valence-electron chi connectivity index (χ0n) is 23.3. The number of hydrogen-bond donors (Lipinski definition) is 2. The van der Waals surface area contributed by atoms with Gasteiger partial charge in [-0.2, -0.15) is 0 Å². The highest BCUT2D eigenvalue weighted by Gasteiger charge is 2.35. The smallest absolute Gasteiger partial charge is 0.408 e. The summed E-state index contributed by atoms with van der Waals surface area (Å²) in [5, 5.41) is 5.69. The number of carbonyl (C=O) groups is 3. The van der Waals surface area contributed by atoms with Crippen molar-refractivity contribution in [3.63, 3.8) is 0 Å². The molecule has 1 aromatic carbocycles. The maximum atomic E-state index is 13.7. The molecule has 7 nitrogen and oxygen atoms in total. The van der Waals surface area contributed by atoms with Gasteiger partial charge >= 0.3 is 6.09 Å². The Morgan fingerprint density at radius 1 is 0.943 bits per heavy atom. The highest BCUT2D eigenvalue weighted by atomic mass is 16.6. The van der Waals surface area contributed by atoms with Gasteiger partial charge in [-0.3, -0.25) is 9.59 Å². The number of alkyl carbamates (subject to hydrolysis) is 1. The van der Waals surface area contributed by atoms with Crippen LogP contribution in [0.4, 0.5) is 4.79 Å². The number of rotatable bonds is 11. The molecule has 0 spiro atoms. The Kier molecular flexibility index (Phi) is 11.7. The fourth-order valence-corrected chi connectivity index (χ4v) is 3.71. The molecule has 0 aliphatic rings. The summed E-state index contributed by atoms with van der Waals surface area (Å²) in [5.41, 5.74) is 0.670. The summed E-state index contributed by atoms with van der Waals surface area (Å²) >= 11 is 0. The number of aryl methyl sites for hydroxylation is 1. The van der Waals surface area contributed by atoms with Crippen LogP contribution >= 0.6 is 0 Å². The average Bonchev–Trinajstić information content (AvgIpc) is 2.70. The molecule has 7 heteroatoms. The molecule has 35 heavy (non-hydrogen) atoms. The van der Waals surface area contributed by atoms with Gasteiger partial charge in [0.1, 0.15) is 17.7 Å². The summed E-state index contributed by atoms with van der Waals surface area (Å²) < 4.78 is 5.34. The van der Waals surface area contributed by atoms with E-state index in [2.05, 4.69) is 17.6 Å². The summed E-state index contributed by atoms with van der Waals surface area (Å²) in [5.74, 6) is -0.561. The van der Waals surface area contributed by atoms with Crippen LogP contribution in [0.5, 0.6) is 0 Å². The second-order valence-corrected chi connectivity index (χ2v) is 11.4. The SMILES string of the molecule is CCCCCCCN(C(=O)C(C)NC(=O)OC(C)(C)C)C(C(=O)NC(C)(C)C)c1ccc(C)cc1. The lowest BCUT2D eigenvalue weighted by atomic mass is 9.99. The van der Waals surface area contributed by atoms with Gasteiger partial charge in [0.2, 0.25) is 11.8 Å². The Bertz CT molecular complexity index is 822. The molecule has 198 valence electrons. The van der Waals surface area contributed by atoms with E-state index in [0.717, 1.165) is 43.2 Å². The molecule has 0 aliphatic carbocycles. The quantitative estimate of drug-likeness (QED) is 0.393. The Morgan fingerprint density at radius 3 is 2.03 bits per heavy atom. The van der Waals surface area contributed by atoms with Crippen molar-refractivity contribution < 1.29 is 19.1 Å². The number of nitrogens with one attached hydrogen (secondary N) is 2. The molecule has 0 heterocycles. The summed E-state index contributed by atoms with van der Waals surface area (Å²) in [6, 6.07) is 6.02. The normalized spacial score (nSPS) is 13.5. The van der Waals surface area contributed by atoms with E-state index in [-0.39, 0.29) is 11.8 Å². The van der Waals surface area contributed by atoms with Crippen molar-refractivity contribution in [2.75, 3.05) is 6.54 Å². The second-order valence-electron chi connectivity index (χ2n) is 11.4. The lowest BCUT2D eigenvalue weighted by Crippen LogP contribution is -2.54. The molecule has 1 rings (SSSR count). The second kappa shape index (κ2) is 13.5. The topological polar surface area (TPSA) is 87.7 Å².